The first kappa shape index (κ1) is 14.4. The maximum absolute atomic E-state index is 4.36. The highest BCUT2D eigenvalue weighted by Gasteiger charge is 2.08. The number of benzene rings is 1. The smallest absolute Gasteiger partial charge is 0.137 e. The van der Waals surface area contributed by atoms with Crippen LogP contribution in [0, 0.1) is 6.92 Å². The molecule has 2 aromatic heterocycles. The van der Waals surface area contributed by atoms with Crippen molar-refractivity contribution in [2.75, 3.05) is 11.9 Å². The van der Waals surface area contributed by atoms with E-state index in [1.807, 2.05) is 6.07 Å². The molecule has 3 aromatic rings. The summed E-state index contributed by atoms with van der Waals surface area (Å²) >= 11 is 0. The van der Waals surface area contributed by atoms with Gasteiger partial charge in [0.2, 0.25) is 0 Å². The van der Waals surface area contributed by atoms with Crippen LogP contribution in [0.15, 0.2) is 30.9 Å². The Hall–Kier alpha value is -2.50. The maximum atomic E-state index is 4.36. The molecule has 0 saturated heterocycles. The number of anilines is 1. The van der Waals surface area contributed by atoms with Gasteiger partial charge in [0.05, 0.1) is 5.52 Å². The van der Waals surface area contributed by atoms with E-state index in [2.05, 4.69) is 63.0 Å². The highest BCUT2D eigenvalue weighted by molar-refractivity contribution is 5.89. The van der Waals surface area contributed by atoms with Gasteiger partial charge in [0, 0.05) is 24.4 Å². The van der Waals surface area contributed by atoms with Crippen LogP contribution >= 0.6 is 0 Å². The van der Waals surface area contributed by atoms with Gasteiger partial charge in [-0.25, -0.2) is 9.97 Å². The Labute approximate surface area is 129 Å². The summed E-state index contributed by atoms with van der Waals surface area (Å²) in [4.78, 5) is 8.66. The molecule has 114 valence electrons. The summed E-state index contributed by atoms with van der Waals surface area (Å²) in [5.41, 5.74) is 2.15. The van der Waals surface area contributed by atoms with E-state index in [9.17, 15) is 0 Å². The molecule has 6 heteroatoms. The summed E-state index contributed by atoms with van der Waals surface area (Å²) in [6.45, 7) is 7.88. The van der Waals surface area contributed by atoms with Gasteiger partial charge in [0.25, 0.3) is 0 Å². The molecular formula is C16H20N6. The molecule has 0 bridgehead atoms. The van der Waals surface area contributed by atoms with Crippen LogP contribution in [-0.2, 0) is 6.54 Å². The zero-order chi connectivity index (χ0) is 15.5. The van der Waals surface area contributed by atoms with Crippen molar-refractivity contribution in [2.24, 2.45) is 0 Å². The van der Waals surface area contributed by atoms with E-state index in [4.69, 9.17) is 0 Å². The molecule has 0 radical (unpaired) electrons. The van der Waals surface area contributed by atoms with E-state index in [0.717, 1.165) is 35.6 Å². The normalized spacial score (nSPS) is 11.3. The van der Waals surface area contributed by atoms with Crippen molar-refractivity contribution in [3.8, 4) is 0 Å². The van der Waals surface area contributed by atoms with Crippen LogP contribution < -0.4 is 5.32 Å². The Kier molecular flexibility index (Phi) is 4.00. The van der Waals surface area contributed by atoms with Crippen molar-refractivity contribution in [3.05, 3.63) is 42.2 Å². The average Bonchev–Trinajstić information content (AvgIpc) is 2.96. The highest BCUT2D eigenvalue weighted by Crippen LogP contribution is 2.20. The zero-order valence-corrected chi connectivity index (χ0v) is 13.1. The van der Waals surface area contributed by atoms with Crippen molar-refractivity contribution in [1.82, 2.24) is 24.7 Å². The predicted molar refractivity (Wildman–Crippen MR) is 86.9 cm³/mol. The number of fused-ring (bicyclic) bond motifs is 1. The van der Waals surface area contributed by atoms with Crippen LogP contribution in [0.1, 0.15) is 31.2 Å². The lowest BCUT2D eigenvalue weighted by atomic mass is 10.1. The standard InChI is InChI=1S/C16H20N6/c1-11(2)16-21-20-10-22(16)7-6-17-15-13-8-12(3)4-5-14(13)18-9-19-15/h4-5,8-11H,6-7H2,1-3H3,(H,17,18,19). The van der Waals surface area contributed by atoms with Crippen molar-refractivity contribution in [1.29, 1.82) is 0 Å². The Balaban J connectivity index is 1.74. The molecule has 0 aliphatic heterocycles. The first-order valence-corrected chi connectivity index (χ1v) is 7.48. The molecule has 1 N–H and O–H groups in total. The third-order valence-corrected chi connectivity index (χ3v) is 3.60. The minimum Gasteiger partial charge on any atom is -0.368 e. The summed E-state index contributed by atoms with van der Waals surface area (Å²) < 4.78 is 2.08. The molecule has 3 rings (SSSR count). The fourth-order valence-corrected chi connectivity index (χ4v) is 2.49. The minimum absolute atomic E-state index is 0.366. The number of nitrogens with one attached hydrogen (secondary N) is 1. The number of aromatic nitrogens is 5. The Morgan fingerprint density at radius 1 is 1.23 bits per heavy atom. The summed E-state index contributed by atoms with van der Waals surface area (Å²) in [6.07, 6.45) is 3.37. The fourth-order valence-electron chi connectivity index (χ4n) is 2.49. The van der Waals surface area contributed by atoms with E-state index < -0.39 is 0 Å². The van der Waals surface area contributed by atoms with Crippen LogP contribution in [0.5, 0.6) is 0 Å². The first-order valence-electron chi connectivity index (χ1n) is 7.48. The Morgan fingerprint density at radius 2 is 2.09 bits per heavy atom. The molecule has 0 atom stereocenters. The Morgan fingerprint density at radius 3 is 2.91 bits per heavy atom. The van der Waals surface area contributed by atoms with Gasteiger partial charge in [-0.05, 0) is 19.1 Å². The fraction of sp³-hybridized carbons (Fsp3) is 0.375. The van der Waals surface area contributed by atoms with Gasteiger partial charge in [-0.2, -0.15) is 0 Å². The summed E-state index contributed by atoms with van der Waals surface area (Å²) in [6, 6.07) is 6.19. The van der Waals surface area contributed by atoms with Crippen LogP contribution in [0.4, 0.5) is 5.82 Å². The number of hydrogen-bond donors (Lipinski definition) is 1. The lowest BCUT2D eigenvalue weighted by Crippen LogP contribution is -2.14. The van der Waals surface area contributed by atoms with Gasteiger partial charge in [-0.3, -0.25) is 0 Å². The number of rotatable bonds is 5. The Bertz CT molecular complexity index is 777. The number of nitrogens with zero attached hydrogens (tertiary/aromatic N) is 5. The average molecular weight is 296 g/mol. The van der Waals surface area contributed by atoms with Crippen LogP contribution in [0.2, 0.25) is 0 Å². The molecule has 0 aliphatic rings. The summed E-state index contributed by atoms with van der Waals surface area (Å²) in [5.74, 6) is 2.24. The monoisotopic (exact) mass is 296 g/mol. The molecule has 0 amide bonds. The first-order chi connectivity index (χ1) is 10.6. The quantitative estimate of drug-likeness (QED) is 0.784. The van der Waals surface area contributed by atoms with Crippen molar-refractivity contribution >= 4 is 16.7 Å². The molecule has 0 spiro atoms. The highest BCUT2D eigenvalue weighted by atomic mass is 15.3. The van der Waals surface area contributed by atoms with Gasteiger partial charge in [0.1, 0.15) is 24.3 Å². The van der Waals surface area contributed by atoms with Gasteiger partial charge in [0.15, 0.2) is 0 Å². The largest absolute Gasteiger partial charge is 0.368 e. The van der Waals surface area contributed by atoms with Gasteiger partial charge in [-0.1, -0.05) is 25.5 Å². The van der Waals surface area contributed by atoms with Crippen molar-refractivity contribution in [2.45, 2.75) is 33.2 Å². The molecule has 0 unspecified atom stereocenters. The lowest BCUT2D eigenvalue weighted by molar-refractivity contribution is 0.636. The zero-order valence-electron chi connectivity index (χ0n) is 13.1. The van der Waals surface area contributed by atoms with Crippen LogP contribution in [0.25, 0.3) is 10.9 Å². The topological polar surface area (TPSA) is 68.5 Å². The maximum Gasteiger partial charge on any atom is 0.137 e. The van der Waals surface area contributed by atoms with Crippen LogP contribution in [-0.4, -0.2) is 31.3 Å². The van der Waals surface area contributed by atoms with Crippen molar-refractivity contribution < 1.29 is 0 Å². The lowest BCUT2D eigenvalue weighted by Gasteiger charge is -2.11. The summed E-state index contributed by atoms with van der Waals surface area (Å²) in [7, 11) is 0. The second kappa shape index (κ2) is 6.09. The third kappa shape index (κ3) is 2.90. The molecule has 0 fully saturated rings. The molecular weight excluding hydrogens is 276 g/mol. The molecule has 6 nitrogen and oxygen atoms in total. The van der Waals surface area contributed by atoms with Gasteiger partial charge < -0.3 is 9.88 Å². The SMILES string of the molecule is Cc1ccc2ncnc(NCCn3cnnc3C(C)C)c2c1. The second-order valence-corrected chi connectivity index (χ2v) is 5.71. The van der Waals surface area contributed by atoms with Crippen LogP contribution in [0.3, 0.4) is 0 Å². The molecule has 0 saturated carbocycles. The van der Waals surface area contributed by atoms with E-state index >= 15 is 0 Å². The molecule has 22 heavy (non-hydrogen) atoms. The van der Waals surface area contributed by atoms with E-state index in [0.29, 0.717) is 5.92 Å². The predicted octanol–water partition coefficient (Wildman–Crippen LogP) is 2.77. The van der Waals surface area contributed by atoms with E-state index in [1.54, 1.807) is 12.7 Å². The molecule has 1 aromatic carbocycles. The summed E-state index contributed by atoms with van der Waals surface area (Å²) in [5, 5.41) is 12.6. The molecule has 0 aliphatic carbocycles. The van der Waals surface area contributed by atoms with Gasteiger partial charge in [-0.15, -0.1) is 10.2 Å². The van der Waals surface area contributed by atoms with E-state index in [-0.39, 0.29) is 0 Å². The minimum atomic E-state index is 0.366. The van der Waals surface area contributed by atoms with Gasteiger partial charge >= 0.3 is 0 Å². The van der Waals surface area contributed by atoms with E-state index in [1.165, 1.54) is 5.56 Å². The number of aryl methyl sites for hydroxylation is 1. The second-order valence-electron chi connectivity index (χ2n) is 5.71. The van der Waals surface area contributed by atoms with Crippen molar-refractivity contribution in [3.63, 3.8) is 0 Å². The molecule has 2 heterocycles. The number of hydrogen-bond acceptors (Lipinski definition) is 5. The third-order valence-electron chi connectivity index (χ3n) is 3.60.